The summed E-state index contributed by atoms with van der Waals surface area (Å²) in [5, 5.41) is 6.45. The molecule has 2 rings (SSSR count). The van der Waals surface area contributed by atoms with Crippen molar-refractivity contribution in [2.75, 3.05) is 19.3 Å². The molecule has 7 heteroatoms. The van der Waals surface area contributed by atoms with E-state index in [9.17, 15) is 8.42 Å². The summed E-state index contributed by atoms with van der Waals surface area (Å²) in [6.07, 6.45) is 0.541. The van der Waals surface area contributed by atoms with Gasteiger partial charge in [-0.15, -0.1) is 24.0 Å². The molecule has 0 aliphatic carbocycles. The van der Waals surface area contributed by atoms with E-state index in [1.54, 1.807) is 7.05 Å². The van der Waals surface area contributed by atoms with Crippen molar-refractivity contribution in [2.24, 2.45) is 4.99 Å². The highest BCUT2D eigenvalue weighted by molar-refractivity contribution is 14.0. The fourth-order valence-corrected chi connectivity index (χ4v) is 4.27. The van der Waals surface area contributed by atoms with Gasteiger partial charge in [-0.3, -0.25) is 4.99 Å². The summed E-state index contributed by atoms with van der Waals surface area (Å²) in [4.78, 5) is 4.20. The standard InChI is InChI=1S/C21H29N3O2S.HI/c1-17-10-11-20(18(2)14-17)15-24-21(22-3)23-12-7-13-27(25,26)16-19-8-5-4-6-9-19;/h4-6,8-11,14H,7,12-13,15-16H2,1-3H3,(H2,22,23,24);1H. The molecular formula is C21H30IN3O2S. The smallest absolute Gasteiger partial charge is 0.191 e. The summed E-state index contributed by atoms with van der Waals surface area (Å²) in [7, 11) is -1.39. The van der Waals surface area contributed by atoms with Gasteiger partial charge < -0.3 is 10.6 Å². The second kappa shape index (κ2) is 12.1. The summed E-state index contributed by atoms with van der Waals surface area (Å²) < 4.78 is 24.4. The van der Waals surface area contributed by atoms with Gasteiger partial charge >= 0.3 is 0 Å². The second-order valence-corrected chi connectivity index (χ2v) is 8.90. The third-order valence-electron chi connectivity index (χ3n) is 4.32. The minimum atomic E-state index is -3.10. The summed E-state index contributed by atoms with van der Waals surface area (Å²) in [5.74, 6) is 0.923. The molecule has 0 fully saturated rings. The van der Waals surface area contributed by atoms with Crippen molar-refractivity contribution in [3.8, 4) is 0 Å². The summed E-state index contributed by atoms with van der Waals surface area (Å²) >= 11 is 0. The van der Waals surface area contributed by atoms with Crippen molar-refractivity contribution < 1.29 is 8.42 Å². The van der Waals surface area contributed by atoms with Crippen LogP contribution in [0, 0.1) is 13.8 Å². The predicted molar refractivity (Wildman–Crippen MR) is 128 cm³/mol. The fourth-order valence-electron chi connectivity index (χ4n) is 2.84. The van der Waals surface area contributed by atoms with Crippen LogP contribution in [-0.2, 0) is 22.1 Å². The molecule has 0 radical (unpaired) electrons. The maximum Gasteiger partial charge on any atom is 0.191 e. The van der Waals surface area contributed by atoms with E-state index in [4.69, 9.17) is 0 Å². The van der Waals surface area contributed by atoms with Crippen molar-refractivity contribution >= 4 is 39.8 Å². The fraction of sp³-hybridized carbons (Fsp3) is 0.381. The predicted octanol–water partition coefficient (Wildman–Crippen LogP) is 3.59. The molecule has 0 spiro atoms. The normalized spacial score (nSPS) is 11.6. The maximum atomic E-state index is 12.2. The Hall–Kier alpha value is -1.61. The lowest BCUT2D eigenvalue weighted by molar-refractivity contribution is 0.591. The van der Waals surface area contributed by atoms with Crippen molar-refractivity contribution in [3.63, 3.8) is 0 Å². The first-order chi connectivity index (χ1) is 12.9. The molecule has 0 heterocycles. The lowest BCUT2D eigenvalue weighted by Gasteiger charge is -2.13. The van der Waals surface area contributed by atoms with Crippen LogP contribution < -0.4 is 10.6 Å². The van der Waals surface area contributed by atoms with Gasteiger partial charge in [-0.05, 0) is 37.0 Å². The van der Waals surface area contributed by atoms with Crippen LogP contribution in [0.5, 0.6) is 0 Å². The largest absolute Gasteiger partial charge is 0.356 e. The third-order valence-corrected chi connectivity index (χ3v) is 6.01. The second-order valence-electron chi connectivity index (χ2n) is 6.71. The van der Waals surface area contributed by atoms with E-state index in [0.717, 1.165) is 5.56 Å². The molecule has 2 aromatic carbocycles. The number of nitrogens with one attached hydrogen (secondary N) is 2. The highest BCUT2D eigenvalue weighted by Crippen LogP contribution is 2.10. The van der Waals surface area contributed by atoms with Crippen LogP contribution >= 0.6 is 24.0 Å². The molecule has 0 saturated carbocycles. The van der Waals surface area contributed by atoms with Gasteiger partial charge in [0.25, 0.3) is 0 Å². The number of hydrogen-bond acceptors (Lipinski definition) is 3. The Morgan fingerprint density at radius 2 is 1.75 bits per heavy atom. The van der Waals surface area contributed by atoms with E-state index in [2.05, 4.69) is 47.7 Å². The third kappa shape index (κ3) is 8.60. The molecule has 0 atom stereocenters. The average Bonchev–Trinajstić information content (AvgIpc) is 2.63. The zero-order chi connectivity index (χ0) is 19.7. The van der Waals surface area contributed by atoms with Crippen molar-refractivity contribution in [2.45, 2.75) is 32.6 Å². The van der Waals surface area contributed by atoms with E-state index in [-0.39, 0.29) is 35.5 Å². The molecule has 0 aromatic heterocycles. The first-order valence-corrected chi connectivity index (χ1v) is 11.0. The molecule has 0 saturated heterocycles. The number of nitrogens with zero attached hydrogens (tertiary/aromatic N) is 1. The first kappa shape index (κ1) is 24.4. The number of benzene rings is 2. The molecule has 0 unspecified atom stereocenters. The molecule has 28 heavy (non-hydrogen) atoms. The minimum Gasteiger partial charge on any atom is -0.356 e. The lowest BCUT2D eigenvalue weighted by Crippen LogP contribution is -2.37. The van der Waals surface area contributed by atoms with E-state index in [1.807, 2.05) is 30.3 Å². The number of hydrogen-bond donors (Lipinski definition) is 2. The number of guanidine groups is 1. The van der Waals surface area contributed by atoms with Gasteiger partial charge in [-0.25, -0.2) is 8.42 Å². The van der Waals surface area contributed by atoms with Crippen LogP contribution in [0.1, 0.15) is 28.7 Å². The topological polar surface area (TPSA) is 70.6 Å². The number of sulfone groups is 1. The summed E-state index contributed by atoms with van der Waals surface area (Å²) in [6, 6.07) is 15.7. The lowest BCUT2D eigenvalue weighted by atomic mass is 10.1. The number of aliphatic imine (C=N–C) groups is 1. The molecule has 2 aromatic rings. The van der Waals surface area contributed by atoms with E-state index in [1.165, 1.54) is 16.7 Å². The van der Waals surface area contributed by atoms with Gasteiger partial charge in [0, 0.05) is 20.1 Å². The Balaban J connectivity index is 0.00000392. The van der Waals surface area contributed by atoms with Gasteiger partial charge in [-0.1, -0.05) is 54.1 Å². The molecule has 0 aliphatic heterocycles. The Morgan fingerprint density at radius 1 is 1.04 bits per heavy atom. The van der Waals surface area contributed by atoms with Crippen LogP contribution in [0.4, 0.5) is 0 Å². The molecule has 154 valence electrons. The van der Waals surface area contributed by atoms with Crippen molar-refractivity contribution in [1.82, 2.24) is 10.6 Å². The molecule has 5 nitrogen and oxygen atoms in total. The monoisotopic (exact) mass is 515 g/mol. The zero-order valence-corrected chi connectivity index (χ0v) is 19.9. The molecule has 0 aliphatic rings. The van der Waals surface area contributed by atoms with Crippen LogP contribution in [0.2, 0.25) is 0 Å². The summed E-state index contributed by atoms with van der Waals surface area (Å²) in [5.41, 5.74) is 4.53. The van der Waals surface area contributed by atoms with Crippen LogP contribution in [0.15, 0.2) is 53.5 Å². The summed E-state index contributed by atoms with van der Waals surface area (Å²) in [6.45, 7) is 5.41. The van der Waals surface area contributed by atoms with Crippen LogP contribution in [-0.4, -0.2) is 33.7 Å². The molecule has 0 amide bonds. The van der Waals surface area contributed by atoms with E-state index < -0.39 is 9.84 Å². The Labute approximate surface area is 186 Å². The quantitative estimate of drug-likeness (QED) is 0.244. The van der Waals surface area contributed by atoms with E-state index in [0.29, 0.717) is 25.5 Å². The number of rotatable bonds is 8. The Kier molecular flexibility index (Phi) is 10.5. The van der Waals surface area contributed by atoms with Gasteiger partial charge in [0.05, 0.1) is 11.5 Å². The number of halogens is 1. The van der Waals surface area contributed by atoms with E-state index >= 15 is 0 Å². The van der Waals surface area contributed by atoms with Crippen LogP contribution in [0.3, 0.4) is 0 Å². The zero-order valence-electron chi connectivity index (χ0n) is 16.7. The van der Waals surface area contributed by atoms with Gasteiger partial charge in [0.1, 0.15) is 0 Å². The molecule has 2 N–H and O–H groups in total. The van der Waals surface area contributed by atoms with Gasteiger partial charge in [0.2, 0.25) is 0 Å². The average molecular weight is 515 g/mol. The SMILES string of the molecule is CN=C(NCCCS(=O)(=O)Cc1ccccc1)NCc1ccc(C)cc1C.I. The Morgan fingerprint density at radius 3 is 2.39 bits per heavy atom. The first-order valence-electron chi connectivity index (χ1n) is 9.14. The minimum absolute atomic E-state index is 0. The van der Waals surface area contributed by atoms with Crippen LogP contribution in [0.25, 0.3) is 0 Å². The molecule has 0 bridgehead atoms. The van der Waals surface area contributed by atoms with Gasteiger partial charge in [-0.2, -0.15) is 0 Å². The maximum absolute atomic E-state index is 12.2. The molecular weight excluding hydrogens is 485 g/mol. The van der Waals surface area contributed by atoms with Crippen molar-refractivity contribution in [3.05, 3.63) is 70.8 Å². The Bertz CT molecular complexity index is 868. The van der Waals surface area contributed by atoms with Crippen molar-refractivity contribution in [1.29, 1.82) is 0 Å². The highest BCUT2D eigenvalue weighted by Gasteiger charge is 2.11. The number of aryl methyl sites for hydroxylation is 2. The van der Waals surface area contributed by atoms with Gasteiger partial charge in [0.15, 0.2) is 15.8 Å². The highest BCUT2D eigenvalue weighted by atomic mass is 127.